The monoisotopic (exact) mass is 556 g/mol. The van der Waals surface area contributed by atoms with Crippen molar-refractivity contribution in [3.05, 3.63) is 118 Å². The summed E-state index contributed by atoms with van der Waals surface area (Å²) in [6, 6.07) is 34.6. The molecule has 0 aromatic heterocycles. The lowest BCUT2D eigenvalue weighted by molar-refractivity contribution is 0.635. The zero-order chi connectivity index (χ0) is 26.0. The van der Waals surface area contributed by atoms with Crippen LogP contribution in [0.5, 0.6) is 5.75 Å². The maximum absolute atomic E-state index is 6.17. The summed E-state index contributed by atoms with van der Waals surface area (Å²) < 4.78 is 5.44. The first-order valence-electron chi connectivity index (χ1n) is 12.1. The van der Waals surface area contributed by atoms with Crippen molar-refractivity contribution in [2.75, 3.05) is 12.5 Å². The van der Waals surface area contributed by atoms with Crippen molar-refractivity contribution < 1.29 is 4.18 Å². The molecule has 0 aliphatic rings. The van der Waals surface area contributed by atoms with Crippen LogP contribution in [0, 0.1) is 0 Å². The van der Waals surface area contributed by atoms with Crippen LogP contribution in [-0.4, -0.2) is 18.7 Å². The van der Waals surface area contributed by atoms with Gasteiger partial charge in [0.25, 0.3) is 0 Å². The van der Waals surface area contributed by atoms with E-state index >= 15 is 0 Å². The first kappa shape index (κ1) is 28.5. The van der Waals surface area contributed by atoms with E-state index in [9.17, 15) is 0 Å². The van der Waals surface area contributed by atoms with E-state index in [0.717, 1.165) is 40.0 Å². The molecule has 0 aliphatic carbocycles. The van der Waals surface area contributed by atoms with E-state index in [2.05, 4.69) is 43.3 Å². The van der Waals surface area contributed by atoms with Crippen molar-refractivity contribution in [2.45, 2.75) is 26.1 Å². The second-order valence-electron chi connectivity index (χ2n) is 8.98. The molecule has 0 aliphatic heterocycles. The molecule has 0 heterocycles. The minimum Gasteiger partial charge on any atom is -0.287 e. The molecule has 0 fully saturated rings. The summed E-state index contributed by atoms with van der Waals surface area (Å²) in [7, 11) is 0. The van der Waals surface area contributed by atoms with Crippen LogP contribution < -0.4 is 20.6 Å². The lowest BCUT2D eigenvalue weighted by atomic mass is 9.14. The summed E-state index contributed by atoms with van der Waals surface area (Å²) in [6.45, 7) is 2.23. The van der Waals surface area contributed by atoms with Crippen LogP contribution in [-0.2, 0) is 11.2 Å². The van der Waals surface area contributed by atoms with Crippen LogP contribution in [0.15, 0.2) is 103 Å². The Labute approximate surface area is 234 Å². The Morgan fingerprint density at radius 2 is 1.00 bits per heavy atom. The highest BCUT2D eigenvalue weighted by Crippen LogP contribution is 2.20. The van der Waals surface area contributed by atoms with E-state index in [1.54, 1.807) is 0 Å². The van der Waals surface area contributed by atoms with Crippen LogP contribution in [0.25, 0.3) is 0 Å². The summed E-state index contributed by atoms with van der Waals surface area (Å²) in [5, 5.41) is 2.25. The van der Waals surface area contributed by atoms with Gasteiger partial charge in [-0.05, 0) is 48.5 Å². The number of hydrogen-bond donors (Lipinski definition) is 0. The Balaban J connectivity index is 0.000000303. The van der Waals surface area contributed by atoms with Gasteiger partial charge in [-0.3, -0.25) is 4.18 Å². The third-order valence-corrected chi connectivity index (χ3v) is 7.60. The van der Waals surface area contributed by atoms with Gasteiger partial charge in [0, 0.05) is 15.1 Å². The average molecular weight is 558 g/mol. The molecule has 36 heavy (non-hydrogen) atoms. The zero-order valence-electron chi connectivity index (χ0n) is 21.0. The number of halogens is 3. The van der Waals surface area contributed by atoms with Crippen LogP contribution >= 0.6 is 34.8 Å². The van der Waals surface area contributed by atoms with Gasteiger partial charge in [0.05, 0.1) is 6.15 Å². The molecule has 4 aromatic carbocycles. The Kier molecular flexibility index (Phi) is 11.1. The van der Waals surface area contributed by atoms with Crippen LogP contribution in [0.1, 0.15) is 19.8 Å². The van der Waals surface area contributed by atoms with Gasteiger partial charge in [0.2, 0.25) is 0 Å². The molecule has 0 amide bonds. The topological polar surface area (TPSA) is 9.23 Å². The third-order valence-electron chi connectivity index (χ3n) is 6.31. The summed E-state index contributed by atoms with van der Waals surface area (Å²) in [6.07, 6.45) is 6.29. The SMILES string of the molecule is CCCC[B-](c1ccc(Cl)cc1)(c1ccc(Cl)cc1)c1ccc(Cl)cc1.C[S+](C)Oc1ccccc1. The molecule has 0 spiro atoms. The normalized spacial score (nSPS) is 11.1. The molecule has 1 nitrogen and oxygen atoms in total. The van der Waals surface area contributed by atoms with Crippen molar-refractivity contribution in [3.8, 4) is 5.75 Å². The van der Waals surface area contributed by atoms with E-state index in [4.69, 9.17) is 39.0 Å². The highest BCUT2D eigenvalue weighted by atomic mass is 35.5. The summed E-state index contributed by atoms with van der Waals surface area (Å²) in [5.74, 6) is 0.954. The number of unbranched alkanes of at least 4 members (excludes halogenated alkanes) is 1. The summed E-state index contributed by atoms with van der Waals surface area (Å²) in [4.78, 5) is 0. The van der Waals surface area contributed by atoms with Gasteiger partial charge in [-0.1, -0.05) is 109 Å². The summed E-state index contributed by atoms with van der Waals surface area (Å²) in [5.41, 5.74) is 3.85. The number of rotatable bonds is 8. The molecule has 0 atom stereocenters. The second-order valence-corrected chi connectivity index (χ2v) is 11.9. The molecule has 4 rings (SSSR count). The number of benzene rings is 4. The van der Waals surface area contributed by atoms with Gasteiger partial charge in [0.15, 0.2) is 16.9 Å². The van der Waals surface area contributed by atoms with Crippen molar-refractivity contribution in [1.29, 1.82) is 0 Å². The first-order chi connectivity index (χ1) is 17.3. The van der Waals surface area contributed by atoms with E-state index in [-0.39, 0.29) is 11.2 Å². The van der Waals surface area contributed by atoms with Gasteiger partial charge in [0.1, 0.15) is 12.5 Å². The van der Waals surface area contributed by atoms with Crippen LogP contribution in [0.4, 0.5) is 0 Å². The fourth-order valence-corrected chi connectivity index (χ4v) is 5.50. The molecular formula is C30H32BCl3OS. The average Bonchev–Trinajstić information content (AvgIpc) is 2.88. The molecule has 0 saturated carbocycles. The fourth-order valence-electron chi connectivity index (χ4n) is 4.63. The first-order valence-corrected chi connectivity index (χ1v) is 15.2. The van der Waals surface area contributed by atoms with E-state index in [0.29, 0.717) is 0 Å². The van der Waals surface area contributed by atoms with Gasteiger partial charge in [-0.15, -0.1) is 0 Å². The van der Waals surface area contributed by atoms with Crippen LogP contribution in [0.3, 0.4) is 0 Å². The molecule has 188 valence electrons. The Hall–Kier alpha value is -2.04. The predicted molar refractivity (Wildman–Crippen MR) is 165 cm³/mol. The lowest BCUT2D eigenvalue weighted by Crippen LogP contribution is -2.66. The van der Waals surface area contributed by atoms with Gasteiger partial charge >= 0.3 is 0 Å². The predicted octanol–water partition coefficient (Wildman–Crippen LogP) is 7.78. The lowest BCUT2D eigenvalue weighted by Gasteiger charge is -2.43. The highest BCUT2D eigenvalue weighted by Gasteiger charge is 2.29. The Morgan fingerprint density at radius 3 is 1.33 bits per heavy atom. The molecule has 6 heteroatoms. The molecule has 0 bridgehead atoms. The minimum absolute atomic E-state index is 0.0335. The quantitative estimate of drug-likeness (QED) is 0.159. The maximum Gasteiger partial charge on any atom is 0.191 e. The summed E-state index contributed by atoms with van der Waals surface area (Å²) >= 11 is 18.5. The van der Waals surface area contributed by atoms with Gasteiger partial charge in [-0.25, -0.2) is 0 Å². The molecule has 0 N–H and O–H groups in total. The minimum atomic E-state index is -1.13. The van der Waals surface area contributed by atoms with Crippen molar-refractivity contribution in [3.63, 3.8) is 0 Å². The van der Waals surface area contributed by atoms with E-state index < -0.39 is 6.15 Å². The van der Waals surface area contributed by atoms with E-state index in [1.165, 1.54) is 16.4 Å². The van der Waals surface area contributed by atoms with Crippen molar-refractivity contribution in [1.82, 2.24) is 0 Å². The second kappa shape index (κ2) is 14.0. The largest absolute Gasteiger partial charge is 0.287 e. The fraction of sp³-hybridized carbons (Fsp3) is 0.200. The molecule has 0 saturated heterocycles. The maximum atomic E-state index is 6.17. The molecule has 4 aromatic rings. The van der Waals surface area contributed by atoms with E-state index in [1.807, 2.05) is 79.2 Å². The number of para-hydroxylation sites is 1. The smallest absolute Gasteiger partial charge is 0.191 e. The van der Waals surface area contributed by atoms with Gasteiger partial charge < -0.3 is 0 Å². The number of hydrogen-bond acceptors (Lipinski definition) is 1. The van der Waals surface area contributed by atoms with Crippen molar-refractivity contribution in [2.24, 2.45) is 0 Å². The Bertz CT molecular complexity index is 1070. The Morgan fingerprint density at radius 1 is 0.611 bits per heavy atom. The third kappa shape index (κ3) is 7.73. The standard InChI is InChI=1S/C22H21BCl3.C8H11OS/c1-2-3-16-23(17-4-10-20(24)11-5-17,18-6-12-21(25)13-7-18)19-8-14-22(26)15-9-19;1-10(2)9-8-6-4-3-5-7-8/h4-15H,2-3,16H2,1H3;3-7H,1-2H3/q-1;+1. The van der Waals surface area contributed by atoms with Crippen molar-refractivity contribution >= 4 is 68.5 Å². The van der Waals surface area contributed by atoms with Gasteiger partial charge in [-0.2, -0.15) is 22.7 Å². The molecular weight excluding hydrogens is 526 g/mol. The highest BCUT2D eigenvalue weighted by molar-refractivity contribution is 7.91. The molecule has 0 radical (unpaired) electrons. The molecule has 0 unspecified atom stereocenters. The zero-order valence-corrected chi connectivity index (χ0v) is 24.0. The van der Waals surface area contributed by atoms with Crippen LogP contribution in [0.2, 0.25) is 21.4 Å².